The highest BCUT2D eigenvalue weighted by atomic mass is 14.7. The molecule has 2 aromatic heterocycles. The van der Waals surface area contributed by atoms with Crippen molar-refractivity contribution < 1.29 is 0 Å². The van der Waals surface area contributed by atoms with E-state index in [1.807, 2.05) is 24.3 Å². The molecule has 0 saturated heterocycles. The first-order valence-corrected chi connectivity index (χ1v) is 10.8. The van der Waals surface area contributed by atoms with Crippen molar-refractivity contribution in [1.82, 2.24) is 9.97 Å². The lowest BCUT2D eigenvalue weighted by molar-refractivity contribution is 1.39. The predicted molar refractivity (Wildman–Crippen MR) is 133 cm³/mol. The van der Waals surface area contributed by atoms with Gasteiger partial charge in [0.1, 0.15) is 0 Å². The van der Waals surface area contributed by atoms with Gasteiger partial charge in [-0.2, -0.15) is 0 Å². The van der Waals surface area contributed by atoms with E-state index in [0.717, 1.165) is 44.3 Å². The molecule has 0 spiro atoms. The molecule has 6 rings (SSSR count). The standard InChI is InChI=1S/C30H20N2/c1-3-10-27-22(6-1)16-18-29(31-27)24-14-12-21(13-15-24)25-8-5-9-26(20-25)30-19-17-23-7-2-4-11-28(23)32-30/h1-20H. The van der Waals surface area contributed by atoms with Crippen LogP contribution in [0.25, 0.3) is 55.4 Å². The number of para-hydroxylation sites is 2. The van der Waals surface area contributed by atoms with Crippen molar-refractivity contribution in [2.75, 3.05) is 0 Å². The van der Waals surface area contributed by atoms with E-state index in [-0.39, 0.29) is 0 Å². The normalized spacial score (nSPS) is 11.1. The van der Waals surface area contributed by atoms with Gasteiger partial charge < -0.3 is 0 Å². The third-order valence-corrected chi connectivity index (χ3v) is 5.87. The third-order valence-electron chi connectivity index (χ3n) is 5.87. The van der Waals surface area contributed by atoms with Crippen LogP contribution in [0, 0.1) is 0 Å². The average Bonchev–Trinajstić information content (AvgIpc) is 2.88. The molecule has 0 fully saturated rings. The highest BCUT2D eigenvalue weighted by molar-refractivity contribution is 5.83. The first-order valence-electron chi connectivity index (χ1n) is 10.8. The molecule has 2 heterocycles. The Morgan fingerprint density at radius 1 is 0.344 bits per heavy atom. The highest BCUT2D eigenvalue weighted by Gasteiger charge is 2.06. The molecule has 32 heavy (non-hydrogen) atoms. The minimum absolute atomic E-state index is 0.988. The smallest absolute Gasteiger partial charge is 0.0709 e. The maximum absolute atomic E-state index is 4.85. The Bertz CT molecular complexity index is 1570. The van der Waals surface area contributed by atoms with Gasteiger partial charge in [-0.15, -0.1) is 0 Å². The Balaban J connectivity index is 1.33. The van der Waals surface area contributed by atoms with Crippen molar-refractivity contribution >= 4 is 21.8 Å². The van der Waals surface area contributed by atoms with Gasteiger partial charge in [-0.1, -0.05) is 91.0 Å². The molecule has 0 amide bonds. The molecule has 2 heteroatoms. The summed E-state index contributed by atoms with van der Waals surface area (Å²) >= 11 is 0. The molecule has 0 saturated carbocycles. The molecule has 0 aliphatic carbocycles. The summed E-state index contributed by atoms with van der Waals surface area (Å²) in [5.41, 5.74) is 8.60. The van der Waals surface area contributed by atoms with Crippen LogP contribution in [0.1, 0.15) is 0 Å². The van der Waals surface area contributed by atoms with Gasteiger partial charge in [0.2, 0.25) is 0 Å². The molecule has 0 aliphatic heterocycles. The van der Waals surface area contributed by atoms with E-state index in [2.05, 4.69) is 97.1 Å². The second-order valence-corrected chi connectivity index (χ2v) is 7.94. The number of rotatable bonds is 3. The van der Waals surface area contributed by atoms with Gasteiger partial charge in [0.25, 0.3) is 0 Å². The number of hydrogen-bond donors (Lipinski definition) is 0. The summed E-state index contributed by atoms with van der Waals surface area (Å²) in [5, 5.41) is 2.32. The minimum atomic E-state index is 0.988. The van der Waals surface area contributed by atoms with Crippen LogP contribution in [0.3, 0.4) is 0 Å². The van der Waals surface area contributed by atoms with Gasteiger partial charge in [0.05, 0.1) is 22.4 Å². The first kappa shape index (κ1) is 18.5. The zero-order chi connectivity index (χ0) is 21.3. The average molecular weight is 409 g/mol. The van der Waals surface area contributed by atoms with Crippen molar-refractivity contribution in [3.8, 4) is 33.6 Å². The van der Waals surface area contributed by atoms with Crippen molar-refractivity contribution in [1.29, 1.82) is 0 Å². The van der Waals surface area contributed by atoms with Gasteiger partial charge in [0, 0.05) is 21.9 Å². The lowest BCUT2D eigenvalue weighted by Crippen LogP contribution is -1.87. The summed E-state index contributed by atoms with van der Waals surface area (Å²) in [7, 11) is 0. The molecule has 150 valence electrons. The fraction of sp³-hybridized carbons (Fsp3) is 0. The lowest BCUT2D eigenvalue weighted by Gasteiger charge is -2.08. The number of benzene rings is 4. The van der Waals surface area contributed by atoms with E-state index in [0.29, 0.717) is 0 Å². The number of fused-ring (bicyclic) bond motifs is 2. The lowest BCUT2D eigenvalue weighted by atomic mass is 9.99. The number of aromatic nitrogens is 2. The number of pyridine rings is 2. The van der Waals surface area contributed by atoms with Crippen molar-refractivity contribution in [3.63, 3.8) is 0 Å². The molecule has 4 aromatic carbocycles. The number of nitrogens with zero attached hydrogens (tertiary/aromatic N) is 2. The summed E-state index contributed by atoms with van der Waals surface area (Å²) in [5.74, 6) is 0. The zero-order valence-corrected chi connectivity index (χ0v) is 17.4. The maximum Gasteiger partial charge on any atom is 0.0709 e. The molecule has 0 N–H and O–H groups in total. The fourth-order valence-corrected chi connectivity index (χ4v) is 4.15. The Labute approximate surface area is 186 Å². The summed E-state index contributed by atoms with van der Waals surface area (Å²) < 4.78 is 0. The van der Waals surface area contributed by atoms with E-state index in [1.54, 1.807) is 0 Å². The molecule has 0 radical (unpaired) electrons. The second kappa shape index (κ2) is 7.75. The van der Waals surface area contributed by atoms with Crippen LogP contribution in [0.4, 0.5) is 0 Å². The van der Waals surface area contributed by atoms with Gasteiger partial charge in [-0.05, 0) is 41.5 Å². The minimum Gasteiger partial charge on any atom is -0.248 e. The molecular formula is C30H20N2. The number of hydrogen-bond acceptors (Lipinski definition) is 2. The maximum atomic E-state index is 4.85. The third kappa shape index (κ3) is 3.42. The summed E-state index contributed by atoms with van der Waals surface area (Å²) in [6.07, 6.45) is 0. The summed E-state index contributed by atoms with van der Waals surface area (Å²) in [6, 6.07) is 42.1. The zero-order valence-electron chi connectivity index (χ0n) is 17.4. The Hall–Kier alpha value is -4.30. The molecule has 0 atom stereocenters. The summed E-state index contributed by atoms with van der Waals surface area (Å²) in [4.78, 5) is 9.67. The van der Waals surface area contributed by atoms with E-state index < -0.39 is 0 Å². The van der Waals surface area contributed by atoms with E-state index in [1.165, 1.54) is 11.1 Å². The van der Waals surface area contributed by atoms with Crippen molar-refractivity contribution in [2.45, 2.75) is 0 Å². The predicted octanol–water partition coefficient (Wildman–Crippen LogP) is 7.78. The monoisotopic (exact) mass is 408 g/mol. The van der Waals surface area contributed by atoms with Crippen molar-refractivity contribution in [2.24, 2.45) is 0 Å². The van der Waals surface area contributed by atoms with E-state index >= 15 is 0 Å². The molecule has 0 unspecified atom stereocenters. The van der Waals surface area contributed by atoms with Crippen LogP contribution in [0.2, 0.25) is 0 Å². The quantitative estimate of drug-likeness (QED) is 0.299. The molecule has 2 nitrogen and oxygen atoms in total. The van der Waals surface area contributed by atoms with Crippen LogP contribution < -0.4 is 0 Å². The van der Waals surface area contributed by atoms with Gasteiger partial charge in [-0.25, -0.2) is 9.97 Å². The Morgan fingerprint density at radius 2 is 0.875 bits per heavy atom. The second-order valence-electron chi connectivity index (χ2n) is 7.94. The van der Waals surface area contributed by atoms with Gasteiger partial charge >= 0.3 is 0 Å². The molecule has 6 aromatic rings. The van der Waals surface area contributed by atoms with E-state index in [9.17, 15) is 0 Å². The largest absolute Gasteiger partial charge is 0.248 e. The van der Waals surface area contributed by atoms with Crippen LogP contribution in [0.15, 0.2) is 121 Å². The molecule has 0 aliphatic rings. The topological polar surface area (TPSA) is 25.8 Å². The first-order chi connectivity index (χ1) is 15.8. The van der Waals surface area contributed by atoms with Crippen LogP contribution in [0.5, 0.6) is 0 Å². The fourth-order valence-electron chi connectivity index (χ4n) is 4.15. The van der Waals surface area contributed by atoms with Crippen LogP contribution in [-0.4, -0.2) is 9.97 Å². The summed E-state index contributed by atoms with van der Waals surface area (Å²) in [6.45, 7) is 0. The van der Waals surface area contributed by atoms with E-state index in [4.69, 9.17) is 9.97 Å². The van der Waals surface area contributed by atoms with Gasteiger partial charge in [-0.3, -0.25) is 0 Å². The van der Waals surface area contributed by atoms with Gasteiger partial charge in [0.15, 0.2) is 0 Å². The highest BCUT2D eigenvalue weighted by Crippen LogP contribution is 2.29. The molecular weight excluding hydrogens is 388 g/mol. The molecule has 0 bridgehead atoms. The van der Waals surface area contributed by atoms with Crippen molar-refractivity contribution in [3.05, 3.63) is 121 Å². The van der Waals surface area contributed by atoms with Crippen LogP contribution in [-0.2, 0) is 0 Å². The SMILES string of the molecule is c1cc(-c2ccc(-c3ccc4ccccc4n3)cc2)cc(-c2ccc3ccccc3n2)c1. The Kier molecular flexibility index (Phi) is 4.47. The Morgan fingerprint density at radius 3 is 1.53 bits per heavy atom. The van der Waals surface area contributed by atoms with Crippen LogP contribution >= 0.6 is 0 Å².